The Morgan fingerprint density at radius 3 is 1.84 bits per heavy atom. The van der Waals surface area contributed by atoms with Gasteiger partial charge in [-0.2, -0.15) is 0 Å². The summed E-state index contributed by atoms with van der Waals surface area (Å²) in [6.45, 7) is 0. The fourth-order valence-corrected chi connectivity index (χ4v) is 4.60. The first-order valence-corrected chi connectivity index (χ1v) is 10.6. The summed E-state index contributed by atoms with van der Waals surface area (Å²) >= 11 is 6.46. The Kier molecular flexibility index (Phi) is 4.19. The zero-order valence-electron chi connectivity index (χ0n) is 16.6. The first kappa shape index (κ1) is 18.1. The molecule has 0 unspecified atom stereocenters. The summed E-state index contributed by atoms with van der Waals surface area (Å²) in [5.41, 5.74) is 5.08. The van der Waals surface area contributed by atoms with Crippen LogP contribution in [0.4, 0.5) is 0 Å². The summed E-state index contributed by atoms with van der Waals surface area (Å²) in [6, 6.07) is 35.6. The Bertz CT molecular complexity index is 1590. The van der Waals surface area contributed by atoms with Gasteiger partial charge >= 0.3 is 0 Å². The normalized spacial score (nSPS) is 11.4. The Labute approximate surface area is 184 Å². The Morgan fingerprint density at radius 2 is 1.06 bits per heavy atom. The van der Waals surface area contributed by atoms with Gasteiger partial charge in [-0.3, -0.25) is 0 Å². The molecule has 0 aliphatic heterocycles. The fraction of sp³-hybridized carbons (Fsp3) is 0. The van der Waals surface area contributed by atoms with E-state index in [9.17, 15) is 0 Å². The van der Waals surface area contributed by atoms with E-state index in [-0.39, 0.29) is 5.28 Å². The van der Waals surface area contributed by atoms with Gasteiger partial charge < -0.3 is 0 Å². The molecule has 0 saturated heterocycles. The van der Waals surface area contributed by atoms with Gasteiger partial charge in [-0.15, -0.1) is 0 Å². The lowest BCUT2D eigenvalue weighted by Crippen LogP contribution is -1.94. The number of hydrogen-bond acceptors (Lipinski definition) is 2. The lowest BCUT2D eigenvalue weighted by atomic mass is 9.93. The molecule has 3 heteroatoms. The second kappa shape index (κ2) is 7.19. The van der Waals surface area contributed by atoms with Crippen LogP contribution in [0.25, 0.3) is 54.8 Å². The molecule has 1 aromatic heterocycles. The van der Waals surface area contributed by atoms with Crippen LogP contribution in [0.5, 0.6) is 0 Å². The number of nitrogens with zero attached hydrogens (tertiary/aromatic N) is 2. The molecule has 31 heavy (non-hydrogen) atoms. The van der Waals surface area contributed by atoms with Crippen molar-refractivity contribution < 1.29 is 0 Å². The van der Waals surface area contributed by atoms with E-state index < -0.39 is 0 Å². The zero-order valence-corrected chi connectivity index (χ0v) is 17.3. The molecule has 0 atom stereocenters. The van der Waals surface area contributed by atoms with Crippen molar-refractivity contribution in [2.45, 2.75) is 0 Å². The number of halogens is 1. The molecule has 0 fully saturated rings. The summed E-state index contributed by atoms with van der Waals surface area (Å²) in [6.07, 6.45) is 0. The van der Waals surface area contributed by atoms with Crippen molar-refractivity contribution in [3.8, 4) is 22.4 Å². The molecular weight excluding hydrogens is 400 g/mol. The number of fused-ring (bicyclic) bond motifs is 6. The largest absolute Gasteiger partial charge is 0.223 e. The smallest absolute Gasteiger partial charge is 0.217 e. The van der Waals surface area contributed by atoms with Gasteiger partial charge in [-0.1, -0.05) is 97.1 Å². The van der Waals surface area contributed by atoms with Crippen molar-refractivity contribution in [2.75, 3.05) is 0 Å². The number of benzene rings is 5. The van der Waals surface area contributed by atoms with Crippen molar-refractivity contribution in [1.82, 2.24) is 9.97 Å². The highest BCUT2D eigenvalue weighted by molar-refractivity contribution is 6.31. The maximum absolute atomic E-state index is 6.46. The van der Waals surface area contributed by atoms with E-state index >= 15 is 0 Å². The van der Waals surface area contributed by atoms with Crippen LogP contribution in [0.1, 0.15) is 0 Å². The van der Waals surface area contributed by atoms with Crippen molar-refractivity contribution in [1.29, 1.82) is 0 Å². The van der Waals surface area contributed by atoms with Crippen molar-refractivity contribution >= 4 is 44.0 Å². The summed E-state index contributed by atoms with van der Waals surface area (Å²) in [7, 11) is 0. The minimum absolute atomic E-state index is 0.257. The van der Waals surface area contributed by atoms with Gasteiger partial charge in [0.15, 0.2) is 0 Å². The van der Waals surface area contributed by atoms with Gasteiger partial charge in [-0.05, 0) is 45.0 Å². The van der Waals surface area contributed by atoms with Crippen LogP contribution >= 0.6 is 11.6 Å². The van der Waals surface area contributed by atoms with Crippen molar-refractivity contribution in [3.05, 3.63) is 108 Å². The minimum Gasteiger partial charge on any atom is -0.217 e. The van der Waals surface area contributed by atoms with Crippen LogP contribution in [0, 0.1) is 0 Å². The topological polar surface area (TPSA) is 25.8 Å². The molecule has 6 aromatic rings. The molecule has 0 saturated carbocycles. The quantitative estimate of drug-likeness (QED) is 0.211. The Balaban J connectivity index is 1.75. The predicted molar refractivity (Wildman–Crippen MR) is 130 cm³/mol. The molecular formula is C28H17ClN2. The van der Waals surface area contributed by atoms with Crippen LogP contribution in [0.15, 0.2) is 103 Å². The lowest BCUT2D eigenvalue weighted by Gasteiger charge is -2.14. The van der Waals surface area contributed by atoms with Crippen LogP contribution < -0.4 is 0 Å². The molecule has 2 nitrogen and oxygen atoms in total. The van der Waals surface area contributed by atoms with Gasteiger partial charge in [0.2, 0.25) is 5.28 Å². The molecule has 6 rings (SSSR count). The van der Waals surface area contributed by atoms with Crippen molar-refractivity contribution in [3.63, 3.8) is 0 Å². The maximum Gasteiger partial charge on any atom is 0.223 e. The summed E-state index contributed by atoms with van der Waals surface area (Å²) in [4.78, 5) is 9.39. The first-order valence-electron chi connectivity index (χ1n) is 10.2. The first-order chi connectivity index (χ1) is 15.3. The predicted octanol–water partition coefficient (Wildman–Crippen LogP) is 7.92. The summed E-state index contributed by atoms with van der Waals surface area (Å²) < 4.78 is 0. The molecule has 0 aliphatic carbocycles. The average Bonchev–Trinajstić information content (AvgIpc) is 2.84. The van der Waals surface area contributed by atoms with Gasteiger partial charge in [0.05, 0.1) is 11.2 Å². The highest BCUT2D eigenvalue weighted by Crippen LogP contribution is 2.39. The average molecular weight is 417 g/mol. The minimum atomic E-state index is 0.257. The molecule has 1 heterocycles. The Hall–Kier alpha value is -3.75. The van der Waals surface area contributed by atoms with E-state index in [1.165, 1.54) is 16.3 Å². The van der Waals surface area contributed by atoms with Gasteiger partial charge in [0.25, 0.3) is 0 Å². The molecule has 0 spiro atoms. The van der Waals surface area contributed by atoms with E-state index in [4.69, 9.17) is 16.6 Å². The van der Waals surface area contributed by atoms with E-state index in [0.29, 0.717) is 0 Å². The van der Waals surface area contributed by atoms with Gasteiger partial charge in [0, 0.05) is 16.3 Å². The number of aromatic nitrogens is 2. The lowest BCUT2D eigenvalue weighted by molar-refractivity contribution is 1.23. The van der Waals surface area contributed by atoms with E-state index in [2.05, 4.69) is 96.0 Å². The zero-order chi connectivity index (χ0) is 20.8. The monoisotopic (exact) mass is 416 g/mol. The molecule has 0 aliphatic rings. The third kappa shape index (κ3) is 2.96. The second-order valence-electron chi connectivity index (χ2n) is 7.60. The molecule has 0 bridgehead atoms. The standard InChI is InChI=1S/C28H17ClN2/c29-28-30-26(20-12-8-11-19(17-20)18-9-2-1-3-10-18)25-23-15-6-4-13-21(23)22-14-5-7-16-24(22)27(25)31-28/h1-17H. The number of hydrogen-bond donors (Lipinski definition) is 0. The van der Waals surface area contributed by atoms with E-state index in [1.807, 2.05) is 12.1 Å². The highest BCUT2D eigenvalue weighted by Gasteiger charge is 2.16. The fourth-order valence-electron chi connectivity index (χ4n) is 4.43. The van der Waals surface area contributed by atoms with Crippen LogP contribution in [0.2, 0.25) is 5.28 Å². The summed E-state index contributed by atoms with van der Waals surface area (Å²) in [5, 5.41) is 5.87. The second-order valence-corrected chi connectivity index (χ2v) is 7.94. The molecule has 0 radical (unpaired) electrons. The van der Waals surface area contributed by atoms with Crippen LogP contribution in [-0.4, -0.2) is 9.97 Å². The highest BCUT2D eigenvalue weighted by atomic mass is 35.5. The summed E-state index contributed by atoms with van der Waals surface area (Å²) in [5.74, 6) is 0. The molecule has 0 N–H and O–H groups in total. The van der Waals surface area contributed by atoms with Crippen LogP contribution in [-0.2, 0) is 0 Å². The van der Waals surface area contributed by atoms with Gasteiger partial charge in [-0.25, -0.2) is 9.97 Å². The molecule has 0 amide bonds. The van der Waals surface area contributed by atoms with Crippen LogP contribution in [0.3, 0.4) is 0 Å². The van der Waals surface area contributed by atoms with Crippen molar-refractivity contribution in [2.24, 2.45) is 0 Å². The van der Waals surface area contributed by atoms with Gasteiger partial charge in [0.1, 0.15) is 0 Å². The third-order valence-electron chi connectivity index (χ3n) is 5.79. The van der Waals surface area contributed by atoms with E-state index in [1.54, 1.807) is 0 Å². The molecule has 5 aromatic carbocycles. The SMILES string of the molecule is Clc1nc(-c2cccc(-c3ccccc3)c2)c2c3ccccc3c3ccccc3c2n1. The third-order valence-corrected chi connectivity index (χ3v) is 5.96. The van der Waals surface area contributed by atoms with E-state index in [0.717, 1.165) is 38.5 Å². The maximum atomic E-state index is 6.46. The molecule has 146 valence electrons. The Morgan fingerprint density at radius 1 is 0.484 bits per heavy atom. The number of rotatable bonds is 2.